The zero-order valence-corrected chi connectivity index (χ0v) is 10.4. The van der Waals surface area contributed by atoms with Crippen LogP contribution >= 0.6 is 0 Å². The molecule has 6 nitrogen and oxygen atoms in total. The molecule has 6 heteroatoms. The molecule has 2 aromatic rings. The van der Waals surface area contributed by atoms with Crippen molar-refractivity contribution in [1.29, 1.82) is 0 Å². The maximum Gasteiger partial charge on any atom is 0.237 e. The highest BCUT2D eigenvalue weighted by Crippen LogP contribution is 2.13. The Hall–Kier alpha value is -1.95. The molecule has 3 heterocycles. The van der Waals surface area contributed by atoms with Gasteiger partial charge < -0.3 is 10.2 Å². The number of imidazole rings is 1. The third-order valence-corrected chi connectivity index (χ3v) is 3.11. The van der Waals surface area contributed by atoms with Gasteiger partial charge >= 0.3 is 0 Å². The predicted octanol–water partition coefficient (Wildman–Crippen LogP) is 0.380. The van der Waals surface area contributed by atoms with Gasteiger partial charge in [0.2, 0.25) is 5.95 Å². The van der Waals surface area contributed by atoms with E-state index in [2.05, 4.69) is 25.2 Å². The standard InChI is InChI=1S/C12H16N6/c1-10-14-6-9-18(10)12-15-3-2-11(16-12)17-7-4-13-5-8-17/h2-3,6,9,13H,4-5,7-8H2,1H3. The predicted molar refractivity (Wildman–Crippen MR) is 69.0 cm³/mol. The van der Waals surface area contributed by atoms with Gasteiger partial charge in [-0.1, -0.05) is 0 Å². The SMILES string of the molecule is Cc1nccn1-c1nccc(N2CCNCC2)n1. The average Bonchev–Trinajstić information content (AvgIpc) is 2.86. The lowest BCUT2D eigenvalue weighted by Gasteiger charge is -2.28. The van der Waals surface area contributed by atoms with Crippen LogP contribution in [0.5, 0.6) is 0 Å². The molecule has 1 saturated heterocycles. The van der Waals surface area contributed by atoms with Crippen molar-refractivity contribution in [2.24, 2.45) is 0 Å². The van der Waals surface area contributed by atoms with E-state index in [1.807, 2.05) is 23.8 Å². The van der Waals surface area contributed by atoms with Crippen LogP contribution in [0.25, 0.3) is 5.95 Å². The Bertz CT molecular complexity index is 529. The number of nitrogens with zero attached hydrogens (tertiary/aromatic N) is 5. The molecule has 0 amide bonds. The first kappa shape index (κ1) is 11.2. The third-order valence-electron chi connectivity index (χ3n) is 3.11. The Kier molecular flexibility index (Phi) is 2.93. The van der Waals surface area contributed by atoms with Crippen LogP contribution in [0.2, 0.25) is 0 Å². The smallest absolute Gasteiger partial charge is 0.237 e. The second-order valence-electron chi connectivity index (χ2n) is 4.30. The number of aryl methyl sites for hydroxylation is 1. The first-order valence-electron chi connectivity index (χ1n) is 6.13. The highest BCUT2D eigenvalue weighted by Gasteiger charge is 2.13. The second-order valence-corrected chi connectivity index (χ2v) is 4.30. The van der Waals surface area contributed by atoms with E-state index >= 15 is 0 Å². The zero-order valence-electron chi connectivity index (χ0n) is 10.4. The van der Waals surface area contributed by atoms with E-state index in [4.69, 9.17) is 0 Å². The number of aromatic nitrogens is 4. The fraction of sp³-hybridized carbons (Fsp3) is 0.417. The summed E-state index contributed by atoms with van der Waals surface area (Å²) in [7, 11) is 0. The lowest BCUT2D eigenvalue weighted by atomic mass is 10.3. The van der Waals surface area contributed by atoms with Gasteiger partial charge in [0.25, 0.3) is 0 Å². The van der Waals surface area contributed by atoms with E-state index in [9.17, 15) is 0 Å². The summed E-state index contributed by atoms with van der Waals surface area (Å²) in [6.45, 7) is 5.92. The Morgan fingerprint density at radius 3 is 2.72 bits per heavy atom. The van der Waals surface area contributed by atoms with Crippen molar-refractivity contribution in [3.8, 4) is 5.95 Å². The van der Waals surface area contributed by atoms with Crippen LogP contribution in [-0.4, -0.2) is 45.7 Å². The maximum atomic E-state index is 4.61. The molecule has 1 aliphatic rings. The maximum absolute atomic E-state index is 4.61. The van der Waals surface area contributed by atoms with Crippen LogP contribution in [0, 0.1) is 6.92 Å². The summed E-state index contributed by atoms with van der Waals surface area (Å²) in [5.41, 5.74) is 0. The molecule has 3 rings (SSSR count). The summed E-state index contributed by atoms with van der Waals surface area (Å²) >= 11 is 0. The number of anilines is 1. The lowest BCUT2D eigenvalue weighted by molar-refractivity contribution is 0.584. The molecule has 0 unspecified atom stereocenters. The summed E-state index contributed by atoms with van der Waals surface area (Å²) < 4.78 is 1.89. The Labute approximate surface area is 106 Å². The summed E-state index contributed by atoms with van der Waals surface area (Å²) in [6, 6.07) is 1.96. The molecule has 18 heavy (non-hydrogen) atoms. The number of nitrogens with one attached hydrogen (secondary N) is 1. The monoisotopic (exact) mass is 244 g/mol. The number of rotatable bonds is 2. The van der Waals surface area contributed by atoms with Crippen molar-refractivity contribution < 1.29 is 0 Å². The van der Waals surface area contributed by atoms with Crippen LogP contribution in [-0.2, 0) is 0 Å². The van der Waals surface area contributed by atoms with Crippen molar-refractivity contribution in [2.75, 3.05) is 31.1 Å². The van der Waals surface area contributed by atoms with Crippen molar-refractivity contribution in [1.82, 2.24) is 24.8 Å². The van der Waals surface area contributed by atoms with Gasteiger partial charge in [0, 0.05) is 44.8 Å². The first-order valence-corrected chi connectivity index (χ1v) is 6.13. The largest absolute Gasteiger partial charge is 0.354 e. The molecule has 0 radical (unpaired) electrons. The minimum atomic E-state index is 0.682. The lowest BCUT2D eigenvalue weighted by Crippen LogP contribution is -2.44. The third kappa shape index (κ3) is 2.06. The molecule has 2 aromatic heterocycles. The number of hydrogen-bond acceptors (Lipinski definition) is 5. The quantitative estimate of drug-likeness (QED) is 0.827. The summed E-state index contributed by atoms with van der Waals surface area (Å²) in [6.07, 6.45) is 5.45. The molecule has 0 spiro atoms. The van der Waals surface area contributed by atoms with Gasteiger partial charge in [-0.2, -0.15) is 4.98 Å². The molecule has 1 N–H and O–H groups in total. The molecule has 0 saturated carbocycles. The van der Waals surface area contributed by atoms with Gasteiger partial charge in [0.15, 0.2) is 0 Å². The zero-order chi connectivity index (χ0) is 12.4. The van der Waals surface area contributed by atoms with Gasteiger partial charge in [-0.05, 0) is 13.0 Å². The second kappa shape index (κ2) is 4.73. The average molecular weight is 244 g/mol. The van der Waals surface area contributed by atoms with E-state index in [1.165, 1.54) is 0 Å². The molecule has 0 aromatic carbocycles. The first-order chi connectivity index (χ1) is 8.84. The molecule has 94 valence electrons. The van der Waals surface area contributed by atoms with E-state index in [1.54, 1.807) is 12.4 Å². The van der Waals surface area contributed by atoms with Gasteiger partial charge in [0.05, 0.1) is 0 Å². The molecular weight excluding hydrogens is 228 g/mol. The fourth-order valence-corrected chi connectivity index (χ4v) is 2.11. The topological polar surface area (TPSA) is 58.9 Å². The molecule has 1 aliphatic heterocycles. The van der Waals surface area contributed by atoms with Gasteiger partial charge in [-0.3, -0.25) is 4.57 Å². The molecule has 0 bridgehead atoms. The number of hydrogen-bond donors (Lipinski definition) is 1. The minimum absolute atomic E-state index is 0.682. The van der Waals surface area contributed by atoms with Crippen LogP contribution in [0.1, 0.15) is 5.82 Å². The molecule has 1 fully saturated rings. The van der Waals surface area contributed by atoms with E-state index < -0.39 is 0 Å². The normalized spacial score (nSPS) is 15.9. The van der Waals surface area contributed by atoms with Gasteiger partial charge in [-0.15, -0.1) is 0 Å². The highest BCUT2D eigenvalue weighted by molar-refractivity contribution is 5.40. The summed E-state index contributed by atoms with van der Waals surface area (Å²) in [5.74, 6) is 2.56. The van der Waals surface area contributed by atoms with E-state index in [0.717, 1.165) is 37.8 Å². The van der Waals surface area contributed by atoms with Crippen molar-refractivity contribution in [2.45, 2.75) is 6.92 Å². The van der Waals surface area contributed by atoms with Crippen molar-refractivity contribution in [3.05, 3.63) is 30.5 Å². The van der Waals surface area contributed by atoms with Crippen LogP contribution in [0.15, 0.2) is 24.7 Å². The molecular formula is C12H16N6. The Morgan fingerprint density at radius 1 is 1.17 bits per heavy atom. The Balaban J connectivity index is 1.91. The van der Waals surface area contributed by atoms with Crippen molar-refractivity contribution in [3.63, 3.8) is 0 Å². The summed E-state index contributed by atoms with van der Waals surface area (Å²) in [4.78, 5) is 15.4. The molecule has 0 atom stereocenters. The van der Waals surface area contributed by atoms with Gasteiger partial charge in [0.1, 0.15) is 11.6 Å². The van der Waals surface area contributed by atoms with Gasteiger partial charge in [-0.25, -0.2) is 9.97 Å². The Morgan fingerprint density at radius 2 is 2.00 bits per heavy atom. The van der Waals surface area contributed by atoms with Crippen LogP contribution < -0.4 is 10.2 Å². The minimum Gasteiger partial charge on any atom is -0.354 e. The molecule has 0 aliphatic carbocycles. The highest BCUT2D eigenvalue weighted by atomic mass is 15.3. The van der Waals surface area contributed by atoms with E-state index in [-0.39, 0.29) is 0 Å². The van der Waals surface area contributed by atoms with Crippen LogP contribution in [0.4, 0.5) is 5.82 Å². The number of piperazine rings is 1. The van der Waals surface area contributed by atoms with Crippen molar-refractivity contribution >= 4 is 5.82 Å². The van der Waals surface area contributed by atoms with Crippen LogP contribution in [0.3, 0.4) is 0 Å². The van der Waals surface area contributed by atoms with E-state index in [0.29, 0.717) is 5.95 Å². The fourth-order valence-electron chi connectivity index (χ4n) is 2.11. The summed E-state index contributed by atoms with van der Waals surface area (Å²) in [5, 5.41) is 3.34.